The first kappa shape index (κ1) is 6.01. The summed E-state index contributed by atoms with van der Waals surface area (Å²) < 4.78 is 23.6. The third kappa shape index (κ3) is 1.16. The molecule has 0 N–H and O–H groups in total. The van der Waals surface area contributed by atoms with Crippen molar-refractivity contribution < 1.29 is 8.87 Å². The van der Waals surface area contributed by atoms with Crippen LogP contribution in [0.15, 0.2) is 24.3 Å². The average molecular weight is 128 g/mol. The van der Waals surface area contributed by atoms with E-state index < -0.39 is 5.82 Å². The minimum absolute atomic E-state index is 0.252. The lowest BCUT2D eigenvalue weighted by atomic mass is 10.3. The SMILES string of the molecule is F[N]c1ccccc1F. The van der Waals surface area contributed by atoms with Crippen LogP contribution in [0.4, 0.5) is 14.6 Å². The summed E-state index contributed by atoms with van der Waals surface area (Å²) >= 11 is 0. The molecule has 0 aliphatic carbocycles. The molecule has 1 radical (unpaired) electrons. The monoisotopic (exact) mass is 128 g/mol. The second-order valence-electron chi connectivity index (χ2n) is 1.54. The van der Waals surface area contributed by atoms with E-state index in [4.69, 9.17) is 0 Å². The van der Waals surface area contributed by atoms with Crippen molar-refractivity contribution in [1.29, 1.82) is 0 Å². The zero-order valence-electron chi connectivity index (χ0n) is 4.51. The standard InChI is InChI=1S/C6H4F2N/c7-5-3-1-2-4-6(5)9-8/h1-4H. The Bertz CT molecular complexity index is 200. The molecule has 1 aromatic carbocycles. The summed E-state index contributed by atoms with van der Waals surface area (Å²) in [7, 11) is 0. The molecule has 0 aromatic heterocycles. The van der Waals surface area contributed by atoms with Crippen molar-refractivity contribution in [3.8, 4) is 0 Å². The lowest BCUT2D eigenvalue weighted by Crippen LogP contribution is -1.83. The first-order chi connectivity index (χ1) is 4.34. The van der Waals surface area contributed by atoms with Crippen LogP contribution in [0.5, 0.6) is 0 Å². The molecule has 0 amide bonds. The van der Waals surface area contributed by atoms with Crippen molar-refractivity contribution in [3.05, 3.63) is 30.1 Å². The molecule has 1 nitrogen and oxygen atoms in total. The summed E-state index contributed by atoms with van der Waals surface area (Å²) in [6.45, 7) is 0. The second-order valence-corrected chi connectivity index (χ2v) is 1.54. The Morgan fingerprint density at radius 2 is 1.89 bits per heavy atom. The number of rotatable bonds is 1. The average Bonchev–Trinajstić information content (AvgIpc) is 1.89. The molecule has 0 unspecified atom stereocenters. The van der Waals surface area contributed by atoms with Crippen LogP contribution in [0.3, 0.4) is 0 Å². The van der Waals surface area contributed by atoms with Gasteiger partial charge in [0, 0.05) is 0 Å². The lowest BCUT2D eigenvalue weighted by Gasteiger charge is -1.91. The number of hydrogen-bond donors (Lipinski definition) is 0. The molecule has 0 saturated heterocycles. The van der Waals surface area contributed by atoms with E-state index in [1.807, 2.05) is 0 Å². The van der Waals surface area contributed by atoms with Gasteiger partial charge in [0.1, 0.15) is 5.69 Å². The Balaban J connectivity index is 3.01. The summed E-state index contributed by atoms with van der Waals surface area (Å²) in [4.78, 5) is 0. The Morgan fingerprint density at radius 1 is 1.22 bits per heavy atom. The number of halogens is 2. The zero-order valence-corrected chi connectivity index (χ0v) is 4.51. The smallest absolute Gasteiger partial charge is 0.151 e. The van der Waals surface area contributed by atoms with Gasteiger partial charge < -0.3 is 0 Å². The topological polar surface area (TPSA) is 14.1 Å². The quantitative estimate of drug-likeness (QED) is 0.548. The van der Waals surface area contributed by atoms with Gasteiger partial charge in [0.2, 0.25) is 0 Å². The minimum Gasteiger partial charge on any atom is -0.205 e. The van der Waals surface area contributed by atoms with Gasteiger partial charge in [0.05, 0.1) is 0 Å². The molecule has 0 aliphatic rings. The molecule has 0 spiro atoms. The molecule has 1 aromatic rings. The van der Waals surface area contributed by atoms with Crippen molar-refractivity contribution in [3.63, 3.8) is 0 Å². The number of hydrogen-bond acceptors (Lipinski definition) is 0. The molecule has 3 heteroatoms. The van der Waals surface area contributed by atoms with Crippen LogP contribution >= 0.6 is 0 Å². The molecule has 47 valence electrons. The summed E-state index contributed by atoms with van der Waals surface area (Å²) in [6.07, 6.45) is 0. The highest BCUT2D eigenvalue weighted by Crippen LogP contribution is 2.11. The van der Waals surface area contributed by atoms with Crippen LogP contribution < -0.4 is 5.54 Å². The Labute approximate surface area is 51.2 Å². The fraction of sp³-hybridized carbons (Fsp3) is 0. The first-order valence-corrected chi connectivity index (χ1v) is 2.41. The number of nitrogens with zero attached hydrogens (tertiary/aromatic N) is 1. The van der Waals surface area contributed by atoms with E-state index >= 15 is 0 Å². The summed E-state index contributed by atoms with van der Waals surface area (Å²) in [5, 5.41) is 0. The highest BCUT2D eigenvalue weighted by atomic mass is 19.2. The maximum Gasteiger partial charge on any atom is 0.151 e. The van der Waals surface area contributed by atoms with Gasteiger partial charge in [0.25, 0.3) is 0 Å². The van der Waals surface area contributed by atoms with Crippen molar-refractivity contribution in [2.45, 2.75) is 0 Å². The molecule has 9 heavy (non-hydrogen) atoms. The molecule has 0 aliphatic heterocycles. The molecule has 0 bridgehead atoms. The van der Waals surface area contributed by atoms with Gasteiger partial charge in [0.15, 0.2) is 5.82 Å². The van der Waals surface area contributed by atoms with Crippen LogP contribution in [0, 0.1) is 5.82 Å². The van der Waals surface area contributed by atoms with Crippen LogP contribution in [-0.4, -0.2) is 0 Å². The Morgan fingerprint density at radius 3 is 2.33 bits per heavy atom. The third-order valence-corrected chi connectivity index (χ3v) is 0.944. The van der Waals surface area contributed by atoms with Gasteiger partial charge in [-0.2, -0.15) is 0 Å². The van der Waals surface area contributed by atoms with E-state index in [-0.39, 0.29) is 5.69 Å². The summed E-state index contributed by atoms with van der Waals surface area (Å²) in [5.41, 5.74) is 1.94. The van der Waals surface area contributed by atoms with Crippen LogP contribution in [0.2, 0.25) is 0 Å². The minimum atomic E-state index is -0.639. The Kier molecular flexibility index (Phi) is 1.63. The van der Waals surface area contributed by atoms with Gasteiger partial charge in [-0.3, -0.25) is 0 Å². The van der Waals surface area contributed by atoms with E-state index in [0.29, 0.717) is 0 Å². The van der Waals surface area contributed by atoms with Crippen LogP contribution in [-0.2, 0) is 0 Å². The zero-order chi connectivity index (χ0) is 6.69. The second kappa shape index (κ2) is 2.44. The summed E-state index contributed by atoms with van der Waals surface area (Å²) in [5.74, 6) is -0.639. The molecular formula is C6H4F2N. The van der Waals surface area contributed by atoms with E-state index in [1.54, 1.807) is 0 Å². The largest absolute Gasteiger partial charge is 0.205 e. The lowest BCUT2D eigenvalue weighted by molar-refractivity contribution is 0.392. The molecule has 0 atom stereocenters. The predicted octanol–water partition coefficient (Wildman–Crippen LogP) is 1.95. The van der Waals surface area contributed by atoms with Gasteiger partial charge in [-0.05, 0) is 12.1 Å². The van der Waals surface area contributed by atoms with Crippen molar-refractivity contribution in [1.82, 2.24) is 5.54 Å². The maximum atomic E-state index is 12.3. The van der Waals surface area contributed by atoms with Crippen LogP contribution in [0.1, 0.15) is 0 Å². The first-order valence-electron chi connectivity index (χ1n) is 2.41. The van der Waals surface area contributed by atoms with E-state index in [0.717, 1.165) is 6.07 Å². The Hall–Kier alpha value is -1.12. The van der Waals surface area contributed by atoms with Crippen LogP contribution in [0.25, 0.3) is 0 Å². The highest BCUT2D eigenvalue weighted by molar-refractivity contribution is 5.35. The molecule has 0 saturated carbocycles. The normalized spacial score (nSPS) is 9.11. The van der Waals surface area contributed by atoms with Gasteiger partial charge in [-0.15, -0.1) is 0 Å². The van der Waals surface area contributed by atoms with Crippen molar-refractivity contribution in [2.24, 2.45) is 0 Å². The third-order valence-electron chi connectivity index (χ3n) is 0.944. The molecule has 0 fully saturated rings. The molecule has 1 rings (SSSR count). The highest BCUT2D eigenvalue weighted by Gasteiger charge is 1.98. The van der Waals surface area contributed by atoms with Gasteiger partial charge in [-0.25, -0.2) is 4.39 Å². The fourth-order valence-electron chi connectivity index (χ4n) is 0.520. The van der Waals surface area contributed by atoms with E-state index in [1.165, 1.54) is 18.2 Å². The van der Waals surface area contributed by atoms with E-state index in [9.17, 15) is 8.87 Å². The molecular weight excluding hydrogens is 124 g/mol. The predicted molar refractivity (Wildman–Crippen MR) is 29.3 cm³/mol. The summed E-state index contributed by atoms with van der Waals surface area (Å²) in [6, 6.07) is 5.40. The number of benzene rings is 1. The van der Waals surface area contributed by atoms with Gasteiger partial charge in [-0.1, -0.05) is 22.2 Å². The van der Waals surface area contributed by atoms with Crippen molar-refractivity contribution >= 4 is 5.69 Å². The van der Waals surface area contributed by atoms with E-state index in [2.05, 4.69) is 5.54 Å². The maximum absolute atomic E-state index is 12.3. The molecule has 0 heterocycles. The van der Waals surface area contributed by atoms with Crippen molar-refractivity contribution in [2.75, 3.05) is 0 Å². The fourth-order valence-corrected chi connectivity index (χ4v) is 0.520. The van der Waals surface area contributed by atoms with Gasteiger partial charge >= 0.3 is 0 Å².